The molecular weight excluding hydrogens is 320 g/mol. The molecule has 1 N–H and O–H groups in total. The van der Waals surface area contributed by atoms with Gasteiger partial charge in [-0.2, -0.15) is 0 Å². The predicted octanol–water partition coefficient (Wildman–Crippen LogP) is 3.04. The number of pyridine rings is 1. The van der Waals surface area contributed by atoms with E-state index in [0.717, 1.165) is 27.6 Å². The Kier molecular flexibility index (Phi) is 4.92. The van der Waals surface area contributed by atoms with Gasteiger partial charge in [-0.1, -0.05) is 36.4 Å². The summed E-state index contributed by atoms with van der Waals surface area (Å²) in [6.07, 6.45) is 3.05. The largest absolute Gasteiger partial charge is 0.312 e. The van der Waals surface area contributed by atoms with Gasteiger partial charge in [0.25, 0.3) is 0 Å². The highest BCUT2D eigenvalue weighted by Gasteiger charge is 2.03. The molecule has 0 aliphatic heterocycles. The molecule has 3 aromatic rings. The van der Waals surface area contributed by atoms with Crippen LogP contribution in [0.3, 0.4) is 0 Å². The summed E-state index contributed by atoms with van der Waals surface area (Å²) in [6, 6.07) is 18.6. The van der Waals surface area contributed by atoms with Crippen molar-refractivity contribution in [3.63, 3.8) is 0 Å². The molecular formula is C19H20N2O2S. The van der Waals surface area contributed by atoms with Crippen LogP contribution in [0.1, 0.15) is 5.56 Å². The van der Waals surface area contributed by atoms with Crippen LogP contribution >= 0.6 is 0 Å². The van der Waals surface area contributed by atoms with Crippen molar-refractivity contribution >= 4 is 20.7 Å². The zero-order valence-electron chi connectivity index (χ0n) is 13.6. The van der Waals surface area contributed by atoms with Crippen molar-refractivity contribution < 1.29 is 8.42 Å². The summed E-state index contributed by atoms with van der Waals surface area (Å²) < 4.78 is 22.2. The molecule has 1 aromatic heterocycles. The highest BCUT2D eigenvalue weighted by atomic mass is 32.2. The molecule has 0 fully saturated rings. The number of benzene rings is 2. The van der Waals surface area contributed by atoms with E-state index in [1.165, 1.54) is 6.26 Å². The molecule has 24 heavy (non-hydrogen) atoms. The zero-order valence-corrected chi connectivity index (χ0v) is 14.4. The molecule has 0 radical (unpaired) electrons. The van der Waals surface area contributed by atoms with Gasteiger partial charge < -0.3 is 5.32 Å². The van der Waals surface area contributed by atoms with Gasteiger partial charge in [-0.15, -0.1) is 0 Å². The number of aromatic nitrogens is 1. The van der Waals surface area contributed by atoms with Gasteiger partial charge >= 0.3 is 0 Å². The maximum atomic E-state index is 11.1. The highest BCUT2D eigenvalue weighted by molar-refractivity contribution is 7.90. The first-order valence-electron chi connectivity index (χ1n) is 7.84. The summed E-state index contributed by atoms with van der Waals surface area (Å²) in [4.78, 5) is 4.34. The number of fused-ring (bicyclic) bond motifs is 1. The molecule has 4 nitrogen and oxygen atoms in total. The SMILES string of the molecule is CS(=O)(=O)CCNCc1ccc(-c2ccc3ncccc3c2)cc1. The van der Waals surface area contributed by atoms with E-state index in [1.54, 1.807) is 6.20 Å². The van der Waals surface area contributed by atoms with E-state index in [0.29, 0.717) is 13.1 Å². The van der Waals surface area contributed by atoms with Crippen LogP contribution in [0.2, 0.25) is 0 Å². The van der Waals surface area contributed by atoms with E-state index in [4.69, 9.17) is 0 Å². The highest BCUT2D eigenvalue weighted by Crippen LogP contribution is 2.23. The number of nitrogens with zero attached hydrogens (tertiary/aromatic N) is 1. The van der Waals surface area contributed by atoms with Crippen molar-refractivity contribution in [2.75, 3.05) is 18.6 Å². The van der Waals surface area contributed by atoms with Gasteiger partial charge in [0.05, 0.1) is 11.3 Å². The van der Waals surface area contributed by atoms with Crippen molar-refractivity contribution in [2.24, 2.45) is 0 Å². The number of sulfone groups is 1. The molecule has 0 saturated carbocycles. The van der Waals surface area contributed by atoms with E-state index in [9.17, 15) is 8.42 Å². The standard InChI is InChI=1S/C19H20N2O2S/c1-24(22,23)12-11-20-14-15-4-6-16(7-5-15)17-8-9-19-18(13-17)3-2-10-21-19/h2-10,13,20H,11-12,14H2,1H3. The fourth-order valence-corrected chi connectivity index (χ4v) is 3.08. The van der Waals surface area contributed by atoms with E-state index in [1.807, 2.05) is 12.1 Å². The van der Waals surface area contributed by atoms with Crippen LogP contribution in [-0.4, -0.2) is 32.0 Å². The summed E-state index contributed by atoms with van der Waals surface area (Å²) >= 11 is 0. The molecule has 0 atom stereocenters. The average molecular weight is 340 g/mol. The molecule has 5 heteroatoms. The Morgan fingerprint density at radius 3 is 2.50 bits per heavy atom. The van der Waals surface area contributed by atoms with E-state index < -0.39 is 9.84 Å². The Bertz CT molecular complexity index is 935. The number of hydrogen-bond donors (Lipinski definition) is 1. The lowest BCUT2D eigenvalue weighted by atomic mass is 10.0. The van der Waals surface area contributed by atoms with Crippen LogP contribution in [0.25, 0.3) is 22.0 Å². The summed E-state index contributed by atoms with van der Waals surface area (Å²) in [5.41, 5.74) is 4.44. The van der Waals surface area contributed by atoms with E-state index in [-0.39, 0.29) is 5.75 Å². The topological polar surface area (TPSA) is 59.1 Å². The van der Waals surface area contributed by atoms with Crippen molar-refractivity contribution in [3.8, 4) is 11.1 Å². The van der Waals surface area contributed by atoms with Gasteiger partial charge in [0, 0.05) is 30.9 Å². The average Bonchev–Trinajstić information content (AvgIpc) is 2.58. The molecule has 124 valence electrons. The zero-order chi connectivity index (χ0) is 17.0. The number of hydrogen-bond acceptors (Lipinski definition) is 4. The summed E-state index contributed by atoms with van der Waals surface area (Å²) in [5, 5.41) is 4.28. The van der Waals surface area contributed by atoms with Gasteiger partial charge in [0.2, 0.25) is 0 Å². The maximum absolute atomic E-state index is 11.1. The Labute approximate surface area is 142 Å². The minimum absolute atomic E-state index is 0.163. The Hall–Kier alpha value is -2.24. The Morgan fingerprint density at radius 2 is 1.75 bits per heavy atom. The Morgan fingerprint density at radius 1 is 1.00 bits per heavy atom. The van der Waals surface area contributed by atoms with Crippen LogP contribution in [-0.2, 0) is 16.4 Å². The van der Waals surface area contributed by atoms with Gasteiger partial charge in [-0.25, -0.2) is 8.42 Å². The van der Waals surface area contributed by atoms with Crippen molar-refractivity contribution in [1.29, 1.82) is 0 Å². The minimum atomic E-state index is -2.91. The third kappa shape index (κ3) is 4.40. The molecule has 1 heterocycles. The molecule has 0 aliphatic rings. The number of rotatable bonds is 6. The normalized spacial score (nSPS) is 11.7. The first kappa shape index (κ1) is 16.6. The molecule has 0 aliphatic carbocycles. The fourth-order valence-electron chi connectivity index (χ4n) is 2.56. The van der Waals surface area contributed by atoms with Crippen molar-refractivity contribution in [3.05, 3.63) is 66.4 Å². The van der Waals surface area contributed by atoms with Crippen LogP contribution in [0.4, 0.5) is 0 Å². The predicted molar refractivity (Wildman–Crippen MR) is 98.6 cm³/mol. The monoisotopic (exact) mass is 340 g/mol. The van der Waals surface area contributed by atoms with Crippen LogP contribution in [0.15, 0.2) is 60.8 Å². The van der Waals surface area contributed by atoms with Crippen LogP contribution in [0.5, 0.6) is 0 Å². The molecule has 0 unspecified atom stereocenters. The molecule has 0 bridgehead atoms. The lowest BCUT2D eigenvalue weighted by Crippen LogP contribution is -2.21. The molecule has 0 saturated heterocycles. The molecule has 3 rings (SSSR count). The summed E-state index contributed by atoms with van der Waals surface area (Å²) in [5.74, 6) is 0.163. The smallest absolute Gasteiger partial charge is 0.148 e. The lowest BCUT2D eigenvalue weighted by Gasteiger charge is -2.07. The second kappa shape index (κ2) is 7.11. The van der Waals surface area contributed by atoms with Gasteiger partial charge in [0.1, 0.15) is 9.84 Å². The summed E-state index contributed by atoms with van der Waals surface area (Å²) in [6.45, 7) is 1.13. The maximum Gasteiger partial charge on any atom is 0.148 e. The molecule has 0 spiro atoms. The van der Waals surface area contributed by atoms with Gasteiger partial charge in [-0.05, 0) is 34.9 Å². The first-order valence-corrected chi connectivity index (χ1v) is 9.90. The quantitative estimate of drug-likeness (QED) is 0.701. The first-order chi connectivity index (χ1) is 11.5. The summed E-state index contributed by atoms with van der Waals surface area (Å²) in [7, 11) is -2.91. The van der Waals surface area contributed by atoms with Crippen molar-refractivity contribution in [2.45, 2.75) is 6.54 Å². The second-order valence-corrected chi connectivity index (χ2v) is 8.17. The number of nitrogens with one attached hydrogen (secondary N) is 1. The van der Waals surface area contributed by atoms with Crippen molar-refractivity contribution in [1.82, 2.24) is 10.3 Å². The third-order valence-electron chi connectivity index (χ3n) is 3.87. The minimum Gasteiger partial charge on any atom is -0.312 e. The van der Waals surface area contributed by atoms with Gasteiger partial charge in [0.15, 0.2) is 0 Å². The Balaban J connectivity index is 1.67. The fraction of sp³-hybridized carbons (Fsp3) is 0.211. The molecule has 0 amide bonds. The van der Waals surface area contributed by atoms with E-state index >= 15 is 0 Å². The van der Waals surface area contributed by atoms with Gasteiger partial charge in [-0.3, -0.25) is 4.98 Å². The molecule has 2 aromatic carbocycles. The third-order valence-corrected chi connectivity index (χ3v) is 4.81. The van der Waals surface area contributed by atoms with Crippen LogP contribution in [0, 0.1) is 0 Å². The lowest BCUT2D eigenvalue weighted by molar-refractivity contribution is 0.596. The van der Waals surface area contributed by atoms with E-state index in [2.05, 4.69) is 52.8 Å². The second-order valence-electron chi connectivity index (χ2n) is 5.91. The van der Waals surface area contributed by atoms with Crippen LogP contribution < -0.4 is 5.32 Å².